The van der Waals surface area contributed by atoms with Crippen molar-refractivity contribution in [1.29, 1.82) is 0 Å². The van der Waals surface area contributed by atoms with Gasteiger partial charge in [-0.3, -0.25) is 14.4 Å². The van der Waals surface area contributed by atoms with Gasteiger partial charge in [-0.2, -0.15) is 0 Å². The molecule has 2 aromatic rings. The number of carbonyl (C=O) groups is 3. The standard InChI is InChI=1S/C22H28N4O3/c1-5-26(6-2)22(29)17-7-9-19(10-8-17)24-21(28)15-23-18-11-13-20(14-12-18)25(4)16(3)27/h7-14,23H,5-6,15H2,1-4H3,(H,24,28). The van der Waals surface area contributed by atoms with Crippen LogP contribution in [0.1, 0.15) is 31.1 Å². The second-order valence-electron chi connectivity index (χ2n) is 6.58. The molecule has 0 saturated carbocycles. The smallest absolute Gasteiger partial charge is 0.253 e. The molecule has 0 aliphatic heterocycles. The molecular weight excluding hydrogens is 368 g/mol. The van der Waals surface area contributed by atoms with Crippen LogP contribution in [0.4, 0.5) is 17.1 Å². The molecule has 2 aromatic carbocycles. The lowest BCUT2D eigenvalue weighted by Gasteiger charge is -2.18. The van der Waals surface area contributed by atoms with Crippen LogP contribution in [0.25, 0.3) is 0 Å². The van der Waals surface area contributed by atoms with Crippen molar-refractivity contribution in [2.24, 2.45) is 0 Å². The van der Waals surface area contributed by atoms with E-state index in [1.165, 1.54) is 6.92 Å². The van der Waals surface area contributed by atoms with E-state index in [1.54, 1.807) is 41.1 Å². The lowest BCUT2D eigenvalue weighted by molar-refractivity contribution is -0.116. The molecule has 0 saturated heterocycles. The van der Waals surface area contributed by atoms with Gasteiger partial charge in [0.25, 0.3) is 5.91 Å². The van der Waals surface area contributed by atoms with E-state index in [4.69, 9.17) is 0 Å². The summed E-state index contributed by atoms with van der Waals surface area (Å²) < 4.78 is 0. The Morgan fingerprint density at radius 1 is 0.862 bits per heavy atom. The zero-order valence-electron chi connectivity index (χ0n) is 17.4. The maximum absolute atomic E-state index is 12.3. The molecule has 154 valence electrons. The van der Waals surface area contributed by atoms with E-state index in [0.29, 0.717) is 24.3 Å². The lowest BCUT2D eigenvalue weighted by Crippen LogP contribution is -2.30. The Bertz CT molecular complexity index is 843. The lowest BCUT2D eigenvalue weighted by atomic mass is 10.1. The third kappa shape index (κ3) is 6.07. The zero-order valence-corrected chi connectivity index (χ0v) is 17.4. The average molecular weight is 396 g/mol. The van der Waals surface area contributed by atoms with Crippen molar-refractivity contribution in [2.45, 2.75) is 20.8 Å². The van der Waals surface area contributed by atoms with Gasteiger partial charge in [0.1, 0.15) is 0 Å². The number of nitrogens with zero attached hydrogens (tertiary/aromatic N) is 2. The van der Waals surface area contributed by atoms with E-state index in [9.17, 15) is 14.4 Å². The first-order valence-electron chi connectivity index (χ1n) is 9.63. The number of hydrogen-bond donors (Lipinski definition) is 2. The summed E-state index contributed by atoms with van der Waals surface area (Å²) in [5.41, 5.74) is 2.79. The molecule has 2 N–H and O–H groups in total. The van der Waals surface area contributed by atoms with E-state index >= 15 is 0 Å². The Kier molecular flexibility index (Phi) is 7.77. The summed E-state index contributed by atoms with van der Waals surface area (Å²) >= 11 is 0. The maximum Gasteiger partial charge on any atom is 0.253 e. The predicted octanol–water partition coefficient (Wildman–Crippen LogP) is 3.20. The van der Waals surface area contributed by atoms with Crippen LogP contribution in [-0.2, 0) is 9.59 Å². The molecule has 0 unspecified atom stereocenters. The molecule has 29 heavy (non-hydrogen) atoms. The molecule has 0 atom stereocenters. The second-order valence-corrected chi connectivity index (χ2v) is 6.58. The maximum atomic E-state index is 12.3. The van der Waals surface area contributed by atoms with Crippen molar-refractivity contribution in [1.82, 2.24) is 4.90 Å². The minimum atomic E-state index is -0.197. The van der Waals surface area contributed by atoms with Crippen LogP contribution in [0.3, 0.4) is 0 Å². The van der Waals surface area contributed by atoms with Gasteiger partial charge in [-0.1, -0.05) is 0 Å². The van der Waals surface area contributed by atoms with Gasteiger partial charge in [-0.15, -0.1) is 0 Å². The third-order valence-electron chi connectivity index (χ3n) is 4.65. The molecule has 0 aromatic heterocycles. The van der Waals surface area contributed by atoms with Crippen LogP contribution >= 0.6 is 0 Å². The number of amides is 3. The summed E-state index contributed by atoms with van der Waals surface area (Å²) in [4.78, 5) is 39.1. The number of nitrogens with one attached hydrogen (secondary N) is 2. The van der Waals surface area contributed by atoms with E-state index in [-0.39, 0.29) is 24.3 Å². The Balaban J connectivity index is 1.88. The van der Waals surface area contributed by atoms with Crippen LogP contribution in [-0.4, -0.2) is 49.3 Å². The first-order chi connectivity index (χ1) is 13.8. The van der Waals surface area contributed by atoms with Crippen LogP contribution in [0.2, 0.25) is 0 Å². The van der Waals surface area contributed by atoms with Gasteiger partial charge in [0.05, 0.1) is 6.54 Å². The van der Waals surface area contributed by atoms with Crippen LogP contribution in [0.15, 0.2) is 48.5 Å². The van der Waals surface area contributed by atoms with Crippen molar-refractivity contribution in [2.75, 3.05) is 42.2 Å². The normalized spacial score (nSPS) is 10.2. The summed E-state index contributed by atoms with van der Waals surface area (Å²) in [7, 11) is 1.71. The van der Waals surface area contributed by atoms with Gasteiger partial charge >= 0.3 is 0 Å². The monoisotopic (exact) mass is 396 g/mol. The van der Waals surface area contributed by atoms with Gasteiger partial charge in [-0.05, 0) is 62.4 Å². The predicted molar refractivity (Wildman–Crippen MR) is 116 cm³/mol. The Morgan fingerprint density at radius 3 is 1.93 bits per heavy atom. The summed E-state index contributed by atoms with van der Waals surface area (Å²) in [5.74, 6) is -0.263. The van der Waals surface area contributed by atoms with Gasteiger partial charge in [0.15, 0.2) is 0 Å². The van der Waals surface area contributed by atoms with E-state index < -0.39 is 0 Å². The van der Waals surface area contributed by atoms with Crippen molar-refractivity contribution < 1.29 is 14.4 Å². The quantitative estimate of drug-likeness (QED) is 0.718. The van der Waals surface area contributed by atoms with Gasteiger partial charge in [0, 0.05) is 49.7 Å². The topological polar surface area (TPSA) is 81.8 Å². The molecule has 7 heteroatoms. The molecule has 0 spiro atoms. The van der Waals surface area contributed by atoms with Crippen molar-refractivity contribution in [3.63, 3.8) is 0 Å². The van der Waals surface area contributed by atoms with E-state index in [1.807, 2.05) is 38.1 Å². The molecule has 0 fully saturated rings. The van der Waals surface area contributed by atoms with Gasteiger partial charge < -0.3 is 20.4 Å². The summed E-state index contributed by atoms with van der Waals surface area (Å²) in [6, 6.07) is 14.1. The Morgan fingerprint density at radius 2 is 1.41 bits per heavy atom. The molecule has 0 aliphatic carbocycles. The van der Waals surface area contributed by atoms with E-state index in [0.717, 1.165) is 11.4 Å². The molecule has 0 heterocycles. The summed E-state index contributed by atoms with van der Waals surface area (Å²) in [5, 5.41) is 5.84. The van der Waals surface area contributed by atoms with Crippen LogP contribution < -0.4 is 15.5 Å². The highest BCUT2D eigenvalue weighted by Crippen LogP contribution is 2.17. The minimum absolute atomic E-state index is 0.0200. The first-order valence-corrected chi connectivity index (χ1v) is 9.63. The number of benzene rings is 2. The first kappa shape index (κ1) is 21.9. The molecule has 0 bridgehead atoms. The fraction of sp³-hybridized carbons (Fsp3) is 0.318. The SMILES string of the molecule is CCN(CC)C(=O)c1ccc(NC(=O)CNc2ccc(N(C)C(C)=O)cc2)cc1. The largest absolute Gasteiger partial charge is 0.376 e. The van der Waals surface area contributed by atoms with Crippen molar-refractivity contribution >= 4 is 34.8 Å². The Hall–Kier alpha value is -3.35. The number of anilines is 3. The minimum Gasteiger partial charge on any atom is -0.376 e. The summed E-state index contributed by atoms with van der Waals surface area (Å²) in [6.45, 7) is 6.80. The molecule has 2 rings (SSSR count). The van der Waals surface area contributed by atoms with Crippen LogP contribution in [0, 0.1) is 0 Å². The highest BCUT2D eigenvalue weighted by Gasteiger charge is 2.12. The van der Waals surface area contributed by atoms with Crippen LogP contribution in [0.5, 0.6) is 0 Å². The van der Waals surface area contributed by atoms with Gasteiger partial charge in [0.2, 0.25) is 11.8 Å². The number of hydrogen-bond acceptors (Lipinski definition) is 4. The fourth-order valence-electron chi connectivity index (χ4n) is 2.76. The average Bonchev–Trinajstić information content (AvgIpc) is 2.73. The fourth-order valence-corrected chi connectivity index (χ4v) is 2.76. The summed E-state index contributed by atoms with van der Waals surface area (Å²) in [6.07, 6.45) is 0. The number of carbonyl (C=O) groups excluding carboxylic acids is 3. The highest BCUT2D eigenvalue weighted by atomic mass is 16.2. The molecule has 7 nitrogen and oxygen atoms in total. The van der Waals surface area contributed by atoms with Gasteiger partial charge in [-0.25, -0.2) is 0 Å². The number of rotatable bonds is 8. The third-order valence-corrected chi connectivity index (χ3v) is 4.65. The van der Waals surface area contributed by atoms with Crippen molar-refractivity contribution in [3.05, 3.63) is 54.1 Å². The highest BCUT2D eigenvalue weighted by molar-refractivity contribution is 5.96. The second kappa shape index (κ2) is 10.3. The Labute approximate surface area is 171 Å². The molecule has 0 radical (unpaired) electrons. The van der Waals surface area contributed by atoms with E-state index in [2.05, 4.69) is 10.6 Å². The zero-order chi connectivity index (χ0) is 21.4. The van der Waals surface area contributed by atoms with Crippen molar-refractivity contribution in [3.8, 4) is 0 Å². The molecular formula is C22H28N4O3. The molecule has 0 aliphatic rings. The molecule has 3 amide bonds.